The van der Waals surface area contributed by atoms with Crippen LogP contribution in [0.2, 0.25) is 0 Å². The predicted molar refractivity (Wildman–Crippen MR) is 50.0 cm³/mol. The molecule has 0 amide bonds. The number of thiazole rings is 1. The van der Waals surface area contributed by atoms with Crippen molar-refractivity contribution in [3.63, 3.8) is 0 Å². The lowest BCUT2D eigenvalue weighted by atomic mass is 10.4. The fourth-order valence-corrected chi connectivity index (χ4v) is 1.03. The van der Waals surface area contributed by atoms with Gasteiger partial charge in [-0.1, -0.05) is 0 Å². The average Bonchev–Trinajstić information content (AvgIpc) is 2.37. The Morgan fingerprint density at radius 2 is 2.27 bits per heavy atom. The number of Topliss-reactive ketones (excluding diaryl/α,β-unsaturated/α-hetero) is 1. The molecule has 2 N–H and O–H groups in total. The van der Waals surface area contributed by atoms with Crippen LogP contribution >= 0.6 is 36.2 Å². The van der Waals surface area contributed by atoms with Crippen molar-refractivity contribution in [3.8, 4) is 0 Å². The van der Waals surface area contributed by atoms with Crippen LogP contribution in [-0.4, -0.2) is 17.3 Å². The second-order valence-electron chi connectivity index (χ2n) is 1.49. The van der Waals surface area contributed by atoms with Crippen molar-refractivity contribution >= 4 is 41.9 Å². The predicted octanol–water partition coefficient (Wildman–Crippen LogP) is 1.13. The first kappa shape index (κ1) is 13.4. The monoisotopic (exact) mass is 214 g/mol. The van der Waals surface area contributed by atoms with Crippen molar-refractivity contribution in [3.05, 3.63) is 16.6 Å². The molecule has 1 heterocycles. The zero-order valence-electron chi connectivity index (χ0n) is 5.52. The van der Waals surface area contributed by atoms with E-state index >= 15 is 0 Å². The third kappa shape index (κ3) is 3.67. The molecule has 0 aliphatic carbocycles. The Hall–Kier alpha value is -0.160. The molecule has 64 valence electrons. The van der Waals surface area contributed by atoms with E-state index in [9.17, 15) is 4.79 Å². The number of nitrogens with zero attached hydrogens (tertiary/aromatic N) is 1. The Kier molecular flexibility index (Phi) is 7.99. The van der Waals surface area contributed by atoms with E-state index in [1.54, 1.807) is 5.51 Å². The molecule has 0 saturated heterocycles. The van der Waals surface area contributed by atoms with Gasteiger partial charge in [-0.3, -0.25) is 9.78 Å². The Bertz CT molecular complexity index is 202. The first-order chi connectivity index (χ1) is 4.34. The number of hydrogen-bond donors (Lipinski definition) is 1. The topological polar surface area (TPSA) is 56.0 Å². The summed E-state index contributed by atoms with van der Waals surface area (Å²) in [5.41, 5.74) is 6.71. The van der Waals surface area contributed by atoms with Crippen LogP contribution in [0.25, 0.3) is 0 Å². The average molecular weight is 215 g/mol. The van der Waals surface area contributed by atoms with E-state index in [0.29, 0.717) is 4.88 Å². The van der Waals surface area contributed by atoms with Crippen LogP contribution in [-0.2, 0) is 0 Å². The molecule has 0 spiro atoms. The van der Waals surface area contributed by atoms with Crippen LogP contribution in [0.1, 0.15) is 9.67 Å². The summed E-state index contributed by atoms with van der Waals surface area (Å²) in [7, 11) is 0. The first-order valence-electron chi connectivity index (χ1n) is 2.46. The van der Waals surface area contributed by atoms with Gasteiger partial charge in [-0.2, -0.15) is 0 Å². The molecule has 0 bridgehead atoms. The van der Waals surface area contributed by atoms with Gasteiger partial charge in [0.15, 0.2) is 5.78 Å². The highest BCUT2D eigenvalue weighted by atomic mass is 35.5. The fraction of sp³-hybridized carbons (Fsp3) is 0.200. The molecule has 1 aromatic heterocycles. The van der Waals surface area contributed by atoms with Gasteiger partial charge in [0.25, 0.3) is 0 Å². The van der Waals surface area contributed by atoms with Gasteiger partial charge in [-0.15, -0.1) is 36.2 Å². The summed E-state index contributed by atoms with van der Waals surface area (Å²) in [5.74, 6) is -0.0440. The van der Waals surface area contributed by atoms with E-state index in [4.69, 9.17) is 5.73 Å². The van der Waals surface area contributed by atoms with Crippen molar-refractivity contribution in [1.29, 1.82) is 0 Å². The fourth-order valence-electron chi connectivity index (χ4n) is 0.454. The number of aromatic nitrogens is 1. The molecule has 0 atom stereocenters. The molecule has 0 radical (unpaired) electrons. The van der Waals surface area contributed by atoms with E-state index < -0.39 is 0 Å². The van der Waals surface area contributed by atoms with Gasteiger partial charge < -0.3 is 5.73 Å². The number of ketones is 1. The molecule has 11 heavy (non-hydrogen) atoms. The van der Waals surface area contributed by atoms with Crippen molar-refractivity contribution in [2.24, 2.45) is 5.73 Å². The molecular formula is C5H8Cl2N2OS. The summed E-state index contributed by atoms with van der Waals surface area (Å²) >= 11 is 1.31. The maximum Gasteiger partial charge on any atom is 0.187 e. The summed E-state index contributed by atoms with van der Waals surface area (Å²) in [6, 6.07) is 0. The third-order valence-electron chi connectivity index (χ3n) is 0.893. The van der Waals surface area contributed by atoms with Crippen LogP contribution in [0, 0.1) is 0 Å². The molecule has 6 heteroatoms. The van der Waals surface area contributed by atoms with Crippen LogP contribution in [0.15, 0.2) is 11.7 Å². The zero-order chi connectivity index (χ0) is 6.69. The van der Waals surface area contributed by atoms with Gasteiger partial charge in [0.05, 0.1) is 16.9 Å². The van der Waals surface area contributed by atoms with Crippen LogP contribution in [0.5, 0.6) is 0 Å². The smallest absolute Gasteiger partial charge is 0.187 e. The highest BCUT2D eigenvalue weighted by Crippen LogP contribution is 2.04. The Morgan fingerprint density at radius 3 is 2.64 bits per heavy atom. The van der Waals surface area contributed by atoms with Gasteiger partial charge in [-0.05, 0) is 0 Å². The SMILES string of the molecule is Cl.Cl.NCC(=O)c1cncs1. The molecule has 0 saturated carbocycles. The second-order valence-corrected chi connectivity index (χ2v) is 2.38. The highest BCUT2D eigenvalue weighted by Gasteiger charge is 2.02. The number of hydrogen-bond acceptors (Lipinski definition) is 4. The van der Waals surface area contributed by atoms with E-state index in [0.717, 1.165) is 0 Å². The number of carbonyl (C=O) groups is 1. The molecule has 3 nitrogen and oxygen atoms in total. The minimum Gasteiger partial charge on any atom is -0.324 e. The second kappa shape index (κ2) is 6.54. The molecule has 1 aromatic rings. The molecule has 0 aliphatic heterocycles. The van der Waals surface area contributed by atoms with Crippen molar-refractivity contribution in [2.45, 2.75) is 0 Å². The van der Waals surface area contributed by atoms with Gasteiger partial charge in [0.2, 0.25) is 0 Å². The van der Waals surface area contributed by atoms with Crippen molar-refractivity contribution < 1.29 is 4.79 Å². The zero-order valence-corrected chi connectivity index (χ0v) is 7.97. The molecule has 0 fully saturated rings. The summed E-state index contributed by atoms with van der Waals surface area (Å²) in [6.45, 7) is 0.0716. The minimum absolute atomic E-state index is 0. The van der Waals surface area contributed by atoms with Crippen LogP contribution < -0.4 is 5.73 Å². The normalized spacial score (nSPS) is 7.73. The lowest BCUT2D eigenvalue weighted by Crippen LogP contribution is -2.11. The largest absolute Gasteiger partial charge is 0.324 e. The summed E-state index contributed by atoms with van der Waals surface area (Å²) < 4.78 is 0. The summed E-state index contributed by atoms with van der Waals surface area (Å²) in [5, 5.41) is 0. The van der Waals surface area contributed by atoms with Crippen LogP contribution in [0.3, 0.4) is 0 Å². The number of rotatable bonds is 2. The molecule has 0 unspecified atom stereocenters. The van der Waals surface area contributed by atoms with E-state index in [1.165, 1.54) is 17.5 Å². The van der Waals surface area contributed by atoms with Crippen molar-refractivity contribution in [1.82, 2.24) is 4.98 Å². The Morgan fingerprint density at radius 1 is 1.64 bits per heavy atom. The van der Waals surface area contributed by atoms with E-state index in [-0.39, 0.29) is 37.1 Å². The van der Waals surface area contributed by atoms with E-state index in [1.807, 2.05) is 0 Å². The van der Waals surface area contributed by atoms with E-state index in [2.05, 4.69) is 4.98 Å². The number of nitrogens with two attached hydrogens (primary N) is 1. The Labute approximate surface area is 80.8 Å². The molecule has 1 rings (SSSR count). The lowest BCUT2D eigenvalue weighted by molar-refractivity contribution is 0.100. The third-order valence-corrected chi connectivity index (χ3v) is 1.71. The van der Waals surface area contributed by atoms with Crippen molar-refractivity contribution in [2.75, 3.05) is 6.54 Å². The molecular weight excluding hydrogens is 207 g/mol. The maximum atomic E-state index is 10.7. The van der Waals surface area contributed by atoms with Gasteiger partial charge >= 0.3 is 0 Å². The lowest BCUT2D eigenvalue weighted by Gasteiger charge is -1.85. The standard InChI is InChI=1S/C5H6N2OS.2ClH/c6-1-4(8)5-2-7-3-9-5;;/h2-3H,1,6H2;2*1H. The molecule has 0 aliphatic rings. The number of halogens is 2. The first-order valence-corrected chi connectivity index (χ1v) is 3.34. The summed E-state index contributed by atoms with van der Waals surface area (Å²) in [6.07, 6.45) is 1.53. The maximum absolute atomic E-state index is 10.7. The highest BCUT2D eigenvalue weighted by molar-refractivity contribution is 7.11. The summed E-state index contributed by atoms with van der Waals surface area (Å²) in [4.78, 5) is 15.1. The minimum atomic E-state index is -0.0440. The van der Waals surface area contributed by atoms with Crippen LogP contribution in [0.4, 0.5) is 0 Å². The Balaban J connectivity index is 0. The quantitative estimate of drug-likeness (QED) is 0.752. The van der Waals surface area contributed by atoms with Gasteiger partial charge in [-0.25, -0.2) is 0 Å². The van der Waals surface area contributed by atoms with Gasteiger partial charge in [0, 0.05) is 6.20 Å². The van der Waals surface area contributed by atoms with Gasteiger partial charge in [0.1, 0.15) is 0 Å². The molecule has 0 aromatic carbocycles. The number of carbonyl (C=O) groups excluding carboxylic acids is 1.